The van der Waals surface area contributed by atoms with E-state index in [1.54, 1.807) is 24.3 Å². The maximum atomic E-state index is 12.3. The second-order valence-electron chi connectivity index (χ2n) is 4.70. The highest BCUT2D eigenvalue weighted by Gasteiger charge is 2.18. The van der Waals surface area contributed by atoms with Gasteiger partial charge in [-0.25, -0.2) is 4.98 Å². The lowest BCUT2D eigenvalue weighted by atomic mass is 10.1. The van der Waals surface area contributed by atoms with Crippen LogP contribution in [-0.2, 0) is 11.4 Å². The fourth-order valence-electron chi connectivity index (χ4n) is 1.88. The van der Waals surface area contributed by atoms with Crippen molar-refractivity contribution in [1.29, 1.82) is 0 Å². The number of likely N-dealkylation sites (N-methyl/N-ethyl adjacent to an activating group) is 1. The summed E-state index contributed by atoms with van der Waals surface area (Å²) < 4.78 is 5.66. The third kappa shape index (κ3) is 4.05. The number of aliphatic carboxylic acids is 1. The standard InChI is InChI=1S/C15H16N2O4S/c1-10-16-11(9-22-10)8-21-13-6-4-3-5-12(13)15(20)17(2)7-14(18)19/h3-6,9H,7-8H2,1-2H3,(H,18,19). The fourth-order valence-corrected chi connectivity index (χ4v) is 2.47. The van der Waals surface area contributed by atoms with Gasteiger partial charge in [0.05, 0.1) is 16.3 Å². The second kappa shape index (κ2) is 7.04. The highest BCUT2D eigenvalue weighted by molar-refractivity contribution is 7.09. The molecule has 0 aliphatic heterocycles. The Balaban J connectivity index is 2.12. The number of amides is 1. The van der Waals surface area contributed by atoms with Crippen LogP contribution in [0, 0.1) is 6.92 Å². The average molecular weight is 320 g/mol. The van der Waals surface area contributed by atoms with E-state index in [9.17, 15) is 9.59 Å². The lowest BCUT2D eigenvalue weighted by molar-refractivity contribution is -0.137. The molecule has 0 fully saturated rings. The third-order valence-corrected chi connectivity index (χ3v) is 3.70. The van der Waals surface area contributed by atoms with Gasteiger partial charge in [-0.2, -0.15) is 0 Å². The molecule has 0 aliphatic carbocycles. The van der Waals surface area contributed by atoms with Crippen molar-refractivity contribution in [2.75, 3.05) is 13.6 Å². The number of carboxylic acid groups (broad SMARTS) is 1. The van der Waals surface area contributed by atoms with Crippen LogP contribution in [0.3, 0.4) is 0 Å². The predicted molar refractivity (Wildman–Crippen MR) is 82.2 cm³/mol. The molecule has 0 spiro atoms. The maximum absolute atomic E-state index is 12.3. The number of hydrogen-bond donors (Lipinski definition) is 1. The van der Waals surface area contributed by atoms with E-state index in [1.807, 2.05) is 12.3 Å². The van der Waals surface area contributed by atoms with Crippen molar-refractivity contribution < 1.29 is 19.4 Å². The number of carbonyl (C=O) groups excluding carboxylic acids is 1. The minimum absolute atomic E-state index is 0.261. The van der Waals surface area contributed by atoms with Crippen molar-refractivity contribution in [3.63, 3.8) is 0 Å². The number of aryl methyl sites for hydroxylation is 1. The van der Waals surface area contributed by atoms with E-state index in [1.165, 1.54) is 18.4 Å². The van der Waals surface area contributed by atoms with E-state index in [0.29, 0.717) is 11.3 Å². The van der Waals surface area contributed by atoms with E-state index >= 15 is 0 Å². The summed E-state index contributed by atoms with van der Waals surface area (Å²) in [5, 5.41) is 11.6. The molecule has 1 aromatic heterocycles. The minimum Gasteiger partial charge on any atom is -0.486 e. The molecule has 6 nitrogen and oxygen atoms in total. The molecule has 0 radical (unpaired) electrons. The first-order valence-corrected chi connectivity index (χ1v) is 7.45. The number of nitrogens with zero attached hydrogens (tertiary/aromatic N) is 2. The summed E-state index contributed by atoms with van der Waals surface area (Å²) in [6.45, 7) is 1.81. The highest BCUT2D eigenvalue weighted by atomic mass is 32.1. The Morgan fingerprint density at radius 2 is 2.09 bits per heavy atom. The van der Waals surface area contributed by atoms with Gasteiger partial charge >= 0.3 is 5.97 Å². The van der Waals surface area contributed by atoms with Crippen LogP contribution in [0.4, 0.5) is 0 Å². The van der Waals surface area contributed by atoms with Crippen molar-refractivity contribution in [3.8, 4) is 5.75 Å². The summed E-state index contributed by atoms with van der Waals surface area (Å²) in [6, 6.07) is 6.76. The van der Waals surface area contributed by atoms with Crippen molar-refractivity contribution in [2.24, 2.45) is 0 Å². The molecule has 0 saturated carbocycles. The van der Waals surface area contributed by atoms with Gasteiger partial charge in [0, 0.05) is 12.4 Å². The number of carbonyl (C=O) groups is 2. The molecule has 7 heteroatoms. The molecule has 1 amide bonds. The van der Waals surface area contributed by atoms with Crippen LogP contribution in [0.1, 0.15) is 21.1 Å². The van der Waals surface area contributed by atoms with Crippen LogP contribution in [0.2, 0.25) is 0 Å². The van der Waals surface area contributed by atoms with Crippen molar-refractivity contribution in [1.82, 2.24) is 9.88 Å². The van der Waals surface area contributed by atoms with Crippen molar-refractivity contribution >= 4 is 23.2 Å². The number of benzene rings is 1. The van der Waals surface area contributed by atoms with Gasteiger partial charge in [0.15, 0.2) is 0 Å². The Morgan fingerprint density at radius 3 is 2.73 bits per heavy atom. The first-order valence-electron chi connectivity index (χ1n) is 6.57. The SMILES string of the molecule is Cc1nc(COc2ccccc2C(=O)N(C)CC(=O)O)cs1. The molecular weight excluding hydrogens is 304 g/mol. The minimum atomic E-state index is -1.06. The zero-order valence-electron chi connectivity index (χ0n) is 12.3. The van der Waals surface area contributed by atoms with Crippen LogP contribution >= 0.6 is 11.3 Å². The average Bonchev–Trinajstić information content (AvgIpc) is 2.89. The molecule has 22 heavy (non-hydrogen) atoms. The van der Waals surface area contributed by atoms with E-state index in [4.69, 9.17) is 9.84 Å². The van der Waals surface area contributed by atoms with E-state index in [2.05, 4.69) is 4.98 Å². The molecule has 0 atom stereocenters. The largest absolute Gasteiger partial charge is 0.486 e. The van der Waals surface area contributed by atoms with Gasteiger partial charge in [-0.1, -0.05) is 12.1 Å². The summed E-state index contributed by atoms with van der Waals surface area (Å²) in [5.41, 5.74) is 1.13. The lowest BCUT2D eigenvalue weighted by Crippen LogP contribution is -2.32. The molecule has 1 heterocycles. The number of hydrogen-bond acceptors (Lipinski definition) is 5. The Hall–Kier alpha value is -2.41. The van der Waals surface area contributed by atoms with Crippen LogP contribution in [0.25, 0.3) is 0 Å². The Labute approximate surface area is 132 Å². The number of carboxylic acids is 1. The summed E-state index contributed by atoms with van der Waals surface area (Å²) in [7, 11) is 1.44. The van der Waals surface area contributed by atoms with Gasteiger partial charge in [-0.3, -0.25) is 9.59 Å². The van der Waals surface area contributed by atoms with Crippen LogP contribution in [0.5, 0.6) is 5.75 Å². The monoisotopic (exact) mass is 320 g/mol. The van der Waals surface area contributed by atoms with Crippen LogP contribution in [0.15, 0.2) is 29.6 Å². The molecule has 1 aromatic carbocycles. The predicted octanol–water partition coefficient (Wildman–Crippen LogP) is 2.19. The Kier molecular flexibility index (Phi) is 5.11. The first kappa shape index (κ1) is 16.0. The van der Waals surface area contributed by atoms with Gasteiger partial charge < -0.3 is 14.7 Å². The number of aromatic nitrogens is 1. The topological polar surface area (TPSA) is 79.7 Å². The molecule has 116 valence electrons. The van der Waals surface area contributed by atoms with Gasteiger partial charge in [-0.05, 0) is 19.1 Å². The summed E-state index contributed by atoms with van der Waals surface area (Å²) in [6.07, 6.45) is 0. The van der Waals surface area contributed by atoms with Crippen molar-refractivity contribution in [2.45, 2.75) is 13.5 Å². The summed E-state index contributed by atoms with van der Waals surface area (Å²) >= 11 is 1.53. The number of ether oxygens (including phenoxy) is 1. The summed E-state index contributed by atoms with van der Waals surface area (Å²) in [5.74, 6) is -1.05. The number of para-hydroxylation sites is 1. The molecule has 0 bridgehead atoms. The molecule has 2 aromatic rings. The Bertz CT molecular complexity index is 684. The van der Waals surface area contributed by atoms with Crippen LogP contribution in [-0.4, -0.2) is 40.5 Å². The van der Waals surface area contributed by atoms with E-state index in [-0.39, 0.29) is 13.2 Å². The molecule has 1 N–H and O–H groups in total. The third-order valence-electron chi connectivity index (χ3n) is 2.88. The number of thiazole rings is 1. The van der Waals surface area contributed by atoms with Gasteiger partial charge in [0.1, 0.15) is 18.9 Å². The maximum Gasteiger partial charge on any atom is 0.323 e. The zero-order chi connectivity index (χ0) is 16.1. The quantitative estimate of drug-likeness (QED) is 0.882. The van der Waals surface area contributed by atoms with E-state index < -0.39 is 11.9 Å². The fraction of sp³-hybridized carbons (Fsp3) is 0.267. The molecular formula is C15H16N2O4S. The zero-order valence-corrected chi connectivity index (χ0v) is 13.1. The molecule has 0 unspecified atom stereocenters. The molecule has 2 rings (SSSR count). The molecule has 0 aliphatic rings. The highest BCUT2D eigenvalue weighted by Crippen LogP contribution is 2.21. The Morgan fingerprint density at radius 1 is 1.36 bits per heavy atom. The van der Waals surface area contributed by atoms with Crippen molar-refractivity contribution in [3.05, 3.63) is 45.9 Å². The summed E-state index contributed by atoms with van der Waals surface area (Å²) in [4.78, 5) is 28.4. The van der Waals surface area contributed by atoms with E-state index in [0.717, 1.165) is 15.6 Å². The van der Waals surface area contributed by atoms with Crippen LogP contribution < -0.4 is 4.74 Å². The van der Waals surface area contributed by atoms with Gasteiger partial charge in [0.2, 0.25) is 0 Å². The second-order valence-corrected chi connectivity index (χ2v) is 5.76. The van der Waals surface area contributed by atoms with Gasteiger partial charge in [0.25, 0.3) is 5.91 Å². The normalized spacial score (nSPS) is 10.3. The smallest absolute Gasteiger partial charge is 0.323 e. The lowest BCUT2D eigenvalue weighted by Gasteiger charge is -2.17. The first-order chi connectivity index (χ1) is 10.5. The number of rotatable bonds is 6. The van der Waals surface area contributed by atoms with Gasteiger partial charge in [-0.15, -0.1) is 11.3 Å². The molecule has 0 saturated heterocycles.